The van der Waals surface area contributed by atoms with Crippen molar-refractivity contribution in [3.8, 4) is 0 Å². The van der Waals surface area contributed by atoms with Gasteiger partial charge in [0.1, 0.15) is 6.29 Å². The molecule has 0 aliphatic heterocycles. The van der Waals surface area contributed by atoms with Gasteiger partial charge in [-0.2, -0.15) is 0 Å². The van der Waals surface area contributed by atoms with Gasteiger partial charge in [-0.3, -0.25) is 0 Å². The Bertz CT molecular complexity index is 184. The minimum atomic E-state index is -0.543. The van der Waals surface area contributed by atoms with Gasteiger partial charge in [-0.1, -0.05) is 11.6 Å². The molecule has 2 nitrogen and oxygen atoms in total. The quantitative estimate of drug-likeness (QED) is 0.480. The lowest BCUT2D eigenvalue weighted by Crippen LogP contribution is -2.30. The fourth-order valence-electron chi connectivity index (χ4n) is 1.53. The lowest BCUT2D eigenvalue weighted by atomic mass is 9.75. The smallest absolute Gasteiger partial charge is 0.132 e. The van der Waals surface area contributed by atoms with Crippen molar-refractivity contribution in [2.75, 3.05) is 6.61 Å². The molecule has 1 aliphatic carbocycles. The van der Waals surface area contributed by atoms with Gasteiger partial charge < -0.3 is 9.90 Å². The second kappa shape index (κ2) is 3.18. The van der Waals surface area contributed by atoms with Crippen molar-refractivity contribution >= 4 is 6.29 Å². The fraction of sp³-hybridized carbons (Fsp3) is 0.667. The largest absolute Gasteiger partial charge is 0.395 e. The molecule has 1 unspecified atom stereocenters. The third-order valence-electron chi connectivity index (χ3n) is 2.57. The molecular formula is C9H14O2. The monoisotopic (exact) mass is 154 g/mol. The molecule has 0 amide bonds. The molecule has 0 aromatic carbocycles. The van der Waals surface area contributed by atoms with Crippen molar-refractivity contribution in [2.24, 2.45) is 5.41 Å². The summed E-state index contributed by atoms with van der Waals surface area (Å²) in [5, 5.41) is 9.04. The van der Waals surface area contributed by atoms with Crippen molar-refractivity contribution < 1.29 is 9.90 Å². The first-order chi connectivity index (χ1) is 5.25. The Kier molecular flexibility index (Phi) is 2.45. The van der Waals surface area contributed by atoms with Gasteiger partial charge in [-0.15, -0.1) is 0 Å². The molecule has 0 spiro atoms. The Morgan fingerprint density at radius 3 is 2.91 bits per heavy atom. The van der Waals surface area contributed by atoms with E-state index < -0.39 is 5.41 Å². The molecule has 0 bridgehead atoms. The Balaban J connectivity index is 2.88. The van der Waals surface area contributed by atoms with Crippen LogP contribution in [0.3, 0.4) is 0 Å². The number of aldehydes is 1. The van der Waals surface area contributed by atoms with E-state index in [-0.39, 0.29) is 6.61 Å². The van der Waals surface area contributed by atoms with E-state index >= 15 is 0 Å². The third kappa shape index (κ3) is 1.36. The van der Waals surface area contributed by atoms with Crippen LogP contribution in [0.2, 0.25) is 0 Å². The molecule has 0 saturated heterocycles. The molecular weight excluding hydrogens is 140 g/mol. The number of allylic oxidation sites excluding steroid dienone is 1. The zero-order valence-electron chi connectivity index (χ0n) is 6.84. The van der Waals surface area contributed by atoms with Crippen LogP contribution in [0.4, 0.5) is 0 Å². The molecule has 0 saturated carbocycles. The fourth-order valence-corrected chi connectivity index (χ4v) is 1.53. The number of hydrogen-bond donors (Lipinski definition) is 1. The van der Waals surface area contributed by atoms with Crippen LogP contribution in [0.5, 0.6) is 0 Å². The van der Waals surface area contributed by atoms with Gasteiger partial charge in [0.2, 0.25) is 0 Å². The van der Waals surface area contributed by atoms with E-state index in [4.69, 9.17) is 5.11 Å². The summed E-state index contributed by atoms with van der Waals surface area (Å²) in [6.07, 6.45) is 5.79. The molecule has 62 valence electrons. The maximum absolute atomic E-state index is 10.7. The van der Waals surface area contributed by atoms with E-state index in [1.165, 1.54) is 0 Å². The third-order valence-corrected chi connectivity index (χ3v) is 2.57. The summed E-state index contributed by atoms with van der Waals surface area (Å²) in [7, 11) is 0. The summed E-state index contributed by atoms with van der Waals surface area (Å²) >= 11 is 0. The highest BCUT2D eigenvalue weighted by Gasteiger charge is 2.32. The lowest BCUT2D eigenvalue weighted by molar-refractivity contribution is -0.116. The molecule has 0 heterocycles. The van der Waals surface area contributed by atoms with E-state index in [9.17, 15) is 4.79 Å². The van der Waals surface area contributed by atoms with Gasteiger partial charge in [0.05, 0.1) is 12.0 Å². The second-order valence-corrected chi connectivity index (χ2v) is 3.21. The first-order valence-electron chi connectivity index (χ1n) is 3.99. The Morgan fingerprint density at radius 2 is 2.55 bits per heavy atom. The predicted octanol–water partition coefficient (Wildman–Crippen LogP) is 1.29. The first kappa shape index (κ1) is 8.47. The number of aliphatic hydroxyl groups excluding tert-OH is 1. The van der Waals surface area contributed by atoms with E-state index in [1.807, 2.05) is 13.0 Å². The van der Waals surface area contributed by atoms with Gasteiger partial charge in [-0.25, -0.2) is 0 Å². The normalized spacial score (nSPS) is 31.3. The van der Waals surface area contributed by atoms with Crippen molar-refractivity contribution in [3.63, 3.8) is 0 Å². The zero-order chi connectivity index (χ0) is 8.32. The molecule has 1 N–H and O–H groups in total. The minimum Gasteiger partial charge on any atom is -0.395 e. The predicted molar refractivity (Wildman–Crippen MR) is 43.2 cm³/mol. The van der Waals surface area contributed by atoms with Crippen LogP contribution < -0.4 is 0 Å². The highest BCUT2D eigenvalue weighted by Crippen LogP contribution is 2.34. The average molecular weight is 154 g/mol. The van der Waals surface area contributed by atoms with Gasteiger partial charge in [0.25, 0.3) is 0 Å². The van der Waals surface area contributed by atoms with E-state index in [2.05, 4.69) is 0 Å². The first-order valence-corrected chi connectivity index (χ1v) is 3.99. The molecule has 1 aliphatic rings. The Labute approximate surface area is 66.9 Å². The van der Waals surface area contributed by atoms with Crippen LogP contribution in [0.25, 0.3) is 0 Å². The second-order valence-electron chi connectivity index (χ2n) is 3.21. The Hall–Kier alpha value is -0.630. The molecule has 0 aromatic heterocycles. The number of aliphatic hydroxyl groups is 1. The standard InChI is InChI=1S/C9H14O2/c1-8-4-2-3-5-9(8,6-10)7-11/h4,6,11H,2-3,5,7H2,1H3. The van der Waals surface area contributed by atoms with E-state index in [0.29, 0.717) is 0 Å². The summed E-state index contributed by atoms with van der Waals surface area (Å²) in [5.41, 5.74) is 0.486. The van der Waals surface area contributed by atoms with E-state index in [0.717, 1.165) is 31.1 Å². The number of hydrogen-bond acceptors (Lipinski definition) is 2. The number of carbonyl (C=O) groups is 1. The molecule has 1 rings (SSSR count). The zero-order valence-corrected chi connectivity index (χ0v) is 6.84. The highest BCUT2D eigenvalue weighted by molar-refractivity contribution is 5.65. The molecule has 0 radical (unpaired) electrons. The van der Waals surface area contributed by atoms with Crippen LogP contribution >= 0.6 is 0 Å². The lowest BCUT2D eigenvalue weighted by Gasteiger charge is -2.29. The summed E-state index contributed by atoms with van der Waals surface area (Å²) in [4.78, 5) is 10.7. The summed E-state index contributed by atoms with van der Waals surface area (Å²) in [6, 6.07) is 0. The van der Waals surface area contributed by atoms with Gasteiger partial charge in [0.15, 0.2) is 0 Å². The topological polar surface area (TPSA) is 37.3 Å². The summed E-state index contributed by atoms with van der Waals surface area (Å²) < 4.78 is 0. The van der Waals surface area contributed by atoms with Crippen molar-refractivity contribution in [1.82, 2.24) is 0 Å². The molecule has 0 aromatic rings. The van der Waals surface area contributed by atoms with E-state index in [1.54, 1.807) is 0 Å². The van der Waals surface area contributed by atoms with Gasteiger partial charge in [0, 0.05) is 0 Å². The molecule has 2 heteroatoms. The molecule has 0 fully saturated rings. The minimum absolute atomic E-state index is 0.0428. The van der Waals surface area contributed by atoms with Crippen LogP contribution in [-0.2, 0) is 4.79 Å². The van der Waals surface area contributed by atoms with Crippen LogP contribution in [0.1, 0.15) is 26.2 Å². The van der Waals surface area contributed by atoms with Gasteiger partial charge >= 0.3 is 0 Å². The molecule has 1 atom stereocenters. The SMILES string of the molecule is CC1=CCCCC1(C=O)CO. The highest BCUT2D eigenvalue weighted by atomic mass is 16.3. The number of rotatable bonds is 2. The summed E-state index contributed by atoms with van der Waals surface area (Å²) in [6.45, 7) is 1.88. The van der Waals surface area contributed by atoms with Gasteiger partial charge in [-0.05, 0) is 26.2 Å². The van der Waals surface area contributed by atoms with Crippen molar-refractivity contribution in [1.29, 1.82) is 0 Å². The van der Waals surface area contributed by atoms with Crippen molar-refractivity contribution in [2.45, 2.75) is 26.2 Å². The Morgan fingerprint density at radius 1 is 1.82 bits per heavy atom. The van der Waals surface area contributed by atoms with Crippen LogP contribution in [-0.4, -0.2) is 18.0 Å². The van der Waals surface area contributed by atoms with Crippen LogP contribution in [0.15, 0.2) is 11.6 Å². The maximum atomic E-state index is 10.7. The van der Waals surface area contributed by atoms with Crippen LogP contribution in [0, 0.1) is 5.41 Å². The number of carbonyl (C=O) groups excluding carboxylic acids is 1. The van der Waals surface area contributed by atoms with Crippen molar-refractivity contribution in [3.05, 3.63) is 11.6 Å². The average Bonchev–Trinajstić information content (AvgIpc) is 2.06. The summed E-state index contributed by atoms with van der Waals surface area (Å²) in [5.74, 6) is 0. The molecule has 11 heavy (non-hydrogen) atoms. The maximum Gasteiger partial charge on any atom is 0.132 e.